The molecule has 0 saturated carbocycles. The van der Waals surface area contributed by atoms with E-state index in [0.717, 1.165) is 36.6 Å². The van der Waals surface area contributed by atoms with Gasteiger partial charge in [-0.15, -0.1) is 0 Å². The largest absolute Gasteiger partial charge is 0.341 e. The van der Waals surface area contributed by atoms with Crippen molar-refractivity contribution in [3.05, 3.63) is 48.3 Å². The molecule has 7 nitrogen and oxygen atoms in total. The first kappa shape index (κ1) is 19.4. The molecule has 1 atom stereocenters. The lowest BCUT2D eigenvalue weighted by Crippen LogP contribution is -2.49. The van der Waals surface area contributed by atoms with Crippen molar-refractivity contribution in [1.82, 2.24) is 19.8 Å². The number of rotatable bonds is 5. The zero-order valence-corrected chi connectivity index (χ0v) is 16.8. The van der Waals surface area contributed by atoms with Gasteiger partial charge >= 0.3 is 0 Å². The number of pyridine rings is 2. The Bertz CT molecular complexity index is 865. The second-order valence-corrected chi connectivity index (χ2v) is 7.75. The number of hydrogen-bond acceptors (Lipinski definition) is 5. The van der Waals surface area contributed by atoms with Crippen molar-refractivity contribution in [2.75, 3.05) is 25.0 Å². The summed E-state index contributed by atoms with van der Waals surface area (Å²) < 4.78 is 0. The summed E-state index contributed by atoms with van der Waals surface area (Å²) >= 11 is 0. The van der Waals surface area contributed by atoms with E-state index in [-0.39, 0.29) is 17.9 Å². The van der Waals surface area contributed by atoms with Gasteiger partial charge in [0.2, 0.25) is 11.8 Å². The van der Waals surface area contributed by atoms with Gasteiger partial charge in [0.15, 0.2) is 0 Å². The number of hydrogen-bond donors (Lipinski definition) is 1. The van der Waals surface area contributed by atoms with Crippen LogP contribution in [0.5, 0.6) is 0 Å². The molecule has 2 aromatic heterocycles. The van der Waals surface area contributed by atoms with E-state index in [1.165, 1.54) is 0 Å². The summed E-state index contributed by atoms with van der Waals surface area (Å²) in [6.07, 6.45) is 4.93. The molecule has 2 saturated heterocycles. The number of piperidine rings is 1. The summed E-state index contributed by atoms with van der Waals surface area (Å²) in [5.74, 6) is 2.04. The SMILES string of the molecule is C[C@@H](C(=O)N1CCC(c2cccc(Nc3ccccn3)n2)CC1)N1CCCC1=O. The number of amides is 2. The highest BCUT2D eigenvalue weighted by Gasteiger charge is 2.33. The fourth-order valence-corrected chi connectivity index (χ4v) is 4.19. The maximum absolute atomic E-state index is 12.8. The van der Waals surface area contributed by atoms with Crippen LogP contribution in [0.2, 0.25) is 0 Å². The van der Waals surface area contributed by atoms with Gasteiger partial charge in [0, 0.05) is 43.9 Å². The third kappa shape index (κ3) is 4.39. The van der Waals surface area contributed by atoms with Gasteiger partial charge in [0.05, 0.1) is 0 Å². The highest BCUT2D eigenvalue weighted by atomic mass is 16.2. The fraction of sp³-hybridized carbons (Fsp3) is 0.455. The van der Waals surface area contributed by atoms with Crippen LogP contribution >= 0.6 is 0 Å². The lowest BCUT2D eigenvalue weighted by Gasteiger charge is -2.35. The normalized spacial score (nSPS) is 18.7. The van der Waals surface area contributed by atoms with Crippen molar-refractivity contribution >= 4 is 23.5 Å². The third-order valence-electron chi connectivity index (χ3n) is 5.85. The van der Waals surface area contributed by atoms with Crippen LogP contribution in [0.3, 0.4) is 0 Å². The average molecular weight is 393 g/mol. The second-order valence-electron chi connectivity index (χ2n) is 7.75. The Morgan fingerprint density at radius 2 is 1.90 bits per heavy atom. The molecular weight excluding hydrogens is 366 g/mol. The van der Waals surface area contributed by atoms with Gasteiger partial charge in [-0.25, -0.2) is 9.97 Å². The lowest BCUT2D eigenvalue weighted by molar-refractivity contribution is -0.143. The zero-order chi connectivity index (χ0) is 20.2. The molecule has 29 heavy (non-hydrogen) atoms. The molecule has 2 aliphatic rings. The molecule has 2 fully saturated rings. The minimum atomic E-state index is -0.356. The van der Waals surface area contributed by atoms with E-state index < -0.39 is 0 Å². The monoisotopic (exact) mass is 393 g/mol. The van der Waals surface area contributed by atoms with Gasteiger partial charge in [0.1, 0.15) is 17.7 Å². The third-order valence-corrected chi connectivity index (χ3v) is 5.85. The molecule has 4 heterocycles. The number of carbonyl (C=O) groups excluding carboxylic acids is 2. The van der Waals surface area contributed by atoms with Crippen LogP contribution < -0.4 is 5.32 Å². The van der Waals surface area contributed by atoms with Crippen molar-refractivity contribution in [3.8, 4) is 0 Å². The van der Waals surface area contributed by atoms with Gasteiger partial charge in [0.25, 0.3) is 0 Å². The maximum Gasteiger partial charge on any atom is 0.245 e. The van der Waals surface area contributed by atoms with Crippen LogP contribution in [0.15, 0.2) is 42.6 Å². The Hall–Kier alpha value is -2.96. The van der Waals surface area contributed by atoms with Gasteiger partial charge in [-0.1, -0.05) is 12.1 Å². The molecule has 0 unspecified atom stereocenters. The predicted octanol–water partition coefficient (Wildman–Crippen LogP) is 2.94. The fourth-order valence-electron chi connectivity index (χ4n) is 4.19. The van der Waals surface area contributed by atoms with Crippen LogP contribution in [0.1, 0.15) is 44.2 Å². The van der Waals surface area contributed by atoms with E-state index in [4.69, 9.17) is 4.98 Å². The highest BCUT2D eigenvalue weighted by Crippen LogP contribution is 2.28. The molecule has 152 valence electrons. The molecule has 4 rings (SSSR count). The number of likely N-dealkylation sites (tertiary alicyclic amines) is 2. The van der Waals surface area contributed by atoms with Crippen molar-refractivity contribution in [2.24, 2.45) is 0 Å². The van der Waals surface area contributed by atoms with Gasteiger partial charge in [-0.05, 0) is 50.5 Å². The molecule has 0 aliphatic carbocycles. The van der Waals surface area contributed by atoms with Crippen molar-refractivity contribution in [1.29, 1.82) is 0 Å². The Labute approximate surface area is 171 Å². The highest BCUT2D eigenvalue weighted by molar-refractivity contribution is 5.88. The summed E-state index contributed by atoms with van der Waals surface area (Å²) in [5, 5.41) is 3.24. The summed E-state index contributed by atoms with van der Waals surface area (Å²) in [4.78, 5) is 37.4. The minimum Gasteiger partial charge on any atom is -0.341 e. The number of carbonyl (C=O) groups is 2. The van der Waals surface area contributed by atoms with Crippen molar-refractivity contribution < 1.29 is 9.59 Å². The standard InChI is InChI=1S/C22H27N5O2/c1-16(27-13-5-9-21(27)28)22(29)26-14-10-17(11-15-26)18-6-4-8-20(24-18)25-19-7-2-3-12-23-19/h2-4,6-8,12,16-17H,5,9-11,13-15H2,1H3,(H,23,24,25)/t16-/m0/s1. The first-order chi connectivity index (χ1) is 14.1. The molecular formula is C22H27N5O2. The van der Waals surface area contributed by atoms with Crippen molar-refractivity contribution in [3.63, 3.8) is 0 Å². The van der Waals surface area contributed by atoms with Crippen LogP contribution in [-0.4, -0.2) is 57.3 Å². The van der Waals surface area contributed by atoms with E-state index in [1.54, 1.807) is 11.1 Å². The molecule has 2 amide bonds. The molecule has 1 N–H and O–H groups in total. The first-order valence-corrected chi connectivity index (χ1v) is 10.3. The molecule has 7 heteroatoms. The minimum absolute atomic E-state index is 0.0669. The molecule has 0 bridgehead atoms. The van der Waals surface area contributed by atoms with Gasteiger partial charge in [-0.3, -0.25) is 9.59 Å². The number of aromatic nitrogens is 2. The van der Waals surface area contributed by atoms with Crippen LogP contribution in [-0.2, 0) is 9.59 Å². The summed E-state index contributed by atoms with van der Waals surface area (Å²) in [6.45, 7) is 3.96. The van der Waals surface area contributed by atoms with Crippen molar-refractivity contribution in [2.45, 2.75) is 44.6 Å². The Balaban J connectivity index is 1.35. The van der Waals surface area contributed by atoms with Gasteiger partial charge in [-0.2, -0.15) is 0 Å². The van der Waals surface area contributed by atoms with E-state index in [2.05, 4.69) is 16.4 Å². The van der Waals surface area contributed by atoms with Crippen LogP contribution in [0, 0.1) is 0 Å². The number of nitrogens with one attached hydrogen (secondary N) is 1. The smallest absolute Gasteiger partial charge is 0.245 e. The maximum atomic E-state index is 12.8. The Kier molecular flexibility index (Phi) is 5.74. The topological polar surface area (TPSA) is 78.4 Å². The van der Waals surface area contributed by atoms with E-state index in [9.17, 15) is 9.59 Å². The summed E-state index contributed by atoms with van der Waals surface area (Å²) in [5.41, 5.74) is 1.04. The van der Waals surface area contributed by atoms with E-state index in [1.807, 2.05) is 42.2 Å². The predicted molar refractivity (Wildman–Crippen MR) is 111 cm³/mol. The lowest BCUT2D eigenvalue weighted by atomic mass is 9.92. The summed E-state index contributed by atoms with van der Waals surface area (Å²) in [6, 6.07) is 11.4. The number of anilines is 2. The molecule has 2 aromatic rings. The summed E-state index contributed by atoms with van der Waals surface area (Å²) in [7, 11) is 0. The average Bonchev–Trinajstić information content (AvgIpc) is 3.19. The van der Waals surface area contributed by atoms with Gasteiger partial charge < -0.3 is 15.1 Å². The molecule has 0 radical (unpaired) electrons. The second kappa shape index (κ2) is 8.59. The number of nitrogens with zero attached hydrogens (tertiary/aromatic N) is 4. The van der Waals surface area contributed by atoms with E-state index >= 15 is 0 Å². The molecule has 2 aliphatic heterocycles. The first-order valence-electron chi connectivity index (χ1n) is 10.3. The zero-order valence-electron chi connectivity index (χ0n) is 16.8. The Morgan fingerprint density at radius 3 is 2.59 bits per heavy atom. The molecule has 0 spiro atoms. The van der Waals surface area contributed by atoms with Crippen LogP contribution in [0.4, 0.5) is 11.6 Å². The van der Waals surface area contributed by atoms with E-state index in [0.29, 0.717) is 32.0 Å². The molecule has 0 aromatic carbocycles. The Morgan fingerprint density at radius 1 is 1.10 bits per heavy atom. The van der Waals surface area contributed by atoms with Crippen LogP contribution in [0.25, 0.3) is 0 Å². The quantitative estimate of drug-likeness (QED) is 0.845.